The van der Waals surface area contributed by atoms with E-state index in [1.54, 1.807) is 6.92 Å². The van der Waals surface area contributed by atoms with E-state index < -0.39 is 15.8 Å². The minimum Gasteiger partial charge on any atom is -0.263 e. The summed E-state index contributed by atoms with van der Waals surface area (Å²) in [6.45, 7) is 1.66. The number of hydrogen-bond donors (Lipinski definition) is 1. The van der Waals surface area contributed by atoms with Crippen molar-refractivity contribution in [3.05, 3.63) is 11.0 Å². The van der Waals surface area contributed by atoms with Crippen molar-refractivity contribution >= 4 is 22.2 Å². The minimum absolute atomic E-state index is 0.322. The van der Waals surface area contributed by atoms with Crippen molar-refractivity contribution in [1.82, 2.24) is 0 Å². The molecule has 0 aromatic rings. The second-order valence-electron chi connectivity index (χ2n) is 2.50. The van der Waals surface area contributed by atoms with E-state index in [-0.39, 0.29) is 5.92 Å². The van der Waals surface area contributed by atoms with Gasteiger partial charge in [0.25, 0.3) is 0 Å². The third-order valence-electron chi connectivity index (χ3n) is 1.57. The Morgan fingerprint density at radius 2 is 2.38 bits per heavy atom. The SMILES string of the molecule is CC1C(C#N)=CSC1OS(=O)(=O)O. The molecule has 0 aliphatic carbocycles. The Balaban J connectivity index is 2.67. The maximum Gasteiger partial charge on any atom is 0.398 e. The first-order chi connectivity index (χ1) is 5.94. The fourth-order valence-electron chi connectivity index (χ4n) is 0.866. The van der Waals surface area contributed by atoms with Crippen LogP contribution in [-0.4, -0.2) is 18.4 Å². The predicted molar refractivity (Wildman–Crippen MR) is 46.9 cm³/mol. The Morgan fingerprint density at radius 1 is 1.77 bits per heavy atom. The monoisotopic (exact) mass is 221 g/mol. The van der Waals surface area contributed by atoms with Gasteiger partial charge in [0.2, 0.25) is 0 Å². The van der Waals surface area contributed by atoms with Gasteiger partial charge >= 0.3 is 10.4 Å². The molecule has 0 spiro atoms. The van der Waals surface area contributed by atoms with Gasteiger partial charge in [-0.2, -0.15) is 13.7 Å². The van der Waals surface area contributed by atoms with Crippen molar-refractivity contribution in [2.24, 2.45) is 5.92 Å². The van der Waals surface area contributed by atoms with Crippen molar-refractivity contribution in [3.8, 4) is 6.07 Å². The molecule has 0 aromatic carbocycles. The standard InChI is InChI=1S/C6H7NO4S2/c1-4-5(2-7)3-12-6(4)11-13(8,9)10/h3-4,6H,1H3,(H,8,9,10). The third-order valence-corrected chi connectivity index (χ3v) is 3.31. The van der Waals surface area contributed by atoms with Gasteiger partial charge < -0.3 is 0 Å². The maximum absolute atomic E-state index is 10.3. The van der Waals surface area contributed by atoms with Crippen LogP contribution in [0.25, 0.3) is 0 Å². The molecule has 0 radical (unpaired) electrons. The quantitative estimate of drug-likeness (QED) is 0.698. The van der Waals surface area contributed by atoms with E-state index in [1.807, 2.05) is 6.07 Å². The number of nitrogens with zero attached hydrogens (tertiary/aromatic N) is 1. The van der Waals surface area contributed by atoms with Crippen LogP contribution in [0.3, 0.4) is 0 Å². The van der Waals surface area contributed by atoms with Gasteiger partial charge in [-0.1, -0.05) is 18.7 Å². The van der Waals surface area contributed by atoms with Crippen molar-refractivity contribution in [2.45, 2.75) is 12.4 Å². The number of rotatable bonds is 2. The maximum atomic E-state index is 10.3. The molecule has 2 atom stereocenters. The fourth-order valence-corrected chi connectivity index (χ4v) is 2.68. The zero-order chi connectivity index (χ0) is 10.1. The summed E-state index contributed by atoms with van der Waals surface area (Å²) in [7, 11) is -4.44. The van der Waals surface area contributed by atoms with Crippen LogP contribution in [0, 0.1) is 17.2 Å². The summed E-state index contributed by atoms with van der Waals surface area (Å²) in [5.41, 5.74) is -0.275. The summed E-state index contributed by atoms with van der Waals surface area (Å²) in [6.07, 6.45) is 0. The first-order valence-corrected chi connectivity index (χ1v) is 5.66. The summed E-state index contributed by atoms with van der Waals surface area (Å²) in [6, 6.07) is 1.91. The van der Waals surface area contributed by atoms with E-state index >= 15 is 0 Å². The fraction of sp³-hybridized carbons (Fsp3) is 0.500. The zero-order valence-corrected chi connectivity index (χ0v) is 8.30. The van der Waals surface area contributed by atoms with Crippen molar-refractivity contribution < 1.29 is 17.2 Å². The second kappa shape index (κ2) is 3.67. The van der Waals surface area contributed by atoms with Gasteiger partial charge in [0.15, 0.2) is 0 Å². The normalized spacial score (nSPS) is 28.2. The highest BCUT2D eigenvalue weighted by atomic mass is 32.3. The molecule has 1 N–H and O–H groups in total. The van der Waals surface area contributed by atoms with Gasteiger partial charge in [-0.15, -0.1) is 0 Å². The van der Waals surface area contributed by atoms with E-state index in [0.717, 1.165) is 11.8 Å². The molecule has 0 amide bonds. The minimum atomic E-state index is -4.44. The number of hydrogen-bond acceptors (Lipinski definition) is 5. The number of nitriles is 1. The summed E-state index contributed by atoms with van der Waals surface area (Å²) in [5.74, 6) is -0.322. The first kappa shape index (κ1) is 10.5. The lowest BCUT2D eigenvalue weighted by Gasteiger charge is -2.12. The molecule has 7 heteroatoms. The van der Waals surface area contributed by atoms with Crippen molar-refractivity contribution in [3.63, 3.8) is 0 Å². The van der Waals surface area contributed by atoms with Crippen molar-refractivity contribution in [2.75, 3.05) is 0 Å². The molecule has 13 heavy (non-hydrogen) atoms. The summed E-state index contributed by atoms with van der Waals surface area (Å²) in [4.78, 5) is 0. The molecule has 5 nitrogen and oxygen atoms in total. The van der Waals surface area contributed by atoms with Gasteiger partial charge in [-0.25, -0.2) is 4.18 Å². The lowest BCUT2D eigenvalue weighted by Crippen LogP contribution is -2.19. The van der Waals surface area contributed by atoms with E-state index in [2.05, 4.69) is 4.18 Å². The van der Waals surface area contributed by atoms with Crippen LogP contribution in [0.4, 0.5) is 0 Å². The van der Waals surface area contributed by atoms with Crippen LogP contribution in [0.2, 0.25) is 0 Å². The predicted octanol–water partition coefficient (Wildman–Crippen LogP) is 0.922. The Labute approximate surface area is 80.3 Å². The Kier molecular flexibility index (Phi) is 2.98. The van der Waals surface area contributed by atoms with Crippen LogP contribution < -0.4 is 0 Å². The van der Waals surface area contributed by atoms with E-state index in [1.165, 1.54) is 5.41 Å². The van der Waals surface area contributed by atoms with Crippen LogP contribution in [0.15, 0.2) is 11.0 Å². The van der Waals surface area contributed by atoms with E-state index in [4.69, 9.17) is 9.81 Å². The Hall–Kier alpha value is -0.550. The molecule has 1 aliphatic rings. The molecule has 0 saturated heterocycles. The zero-order valence-electron chi connectivity index (χ0n) is 6.67. The Bertz CT molecular complexity index is 367. The highest BCUT2D eigenvalue weighted by Gasteiger charge is 2.31. The first-order valence-electron chi connectivity index (χ1n) is 3.35. The van der Waals surface area contributed by atoms with Crippen LogP contribution in [-0.2, 0) is 14.6 Å². The molecule has 2 unspecified atom stereocenters. The third kappa shape index (κ3) is 2.70. The summed E-state index contributed by atoms with van der Waals surface area (Å²) in [5, 5.41) is 10.1. The topological polar surface area (TPSA) is 87.4 Å². The lowest BCUT2D eigenvalue weighted by molar-refractivity contribution is 0.221. The molecule has 0 saturated carbocycles. The summed E-state index contributed by atoms with van der Waals surface area (Å²) >= 11 is 1.06. The van der Waals surface area contributed by atoms with Gasteiger partial charge in [-0.3, -0.25) is 4.55 Å². The van der Waals surface area contributed by atoms with Crippen LogP contribution in [0.1, 0.15) is 6.92 Å². The largest absolute Gasteiger partial charge is 0.398 e. The lowest BCUT2D eigenvalue weighted by atomic mass is 10.1. The molecule has 0 fully saturated rings. The van der Waals surface area contributed by atoms with Gasteiger partial charge in [0, 0.05) is 11.5 Å². The molecule has 1 rings (SSSR count). The molecule has 72 valence electrons. The van der Waals surface area contributed by atoms with Crippen LogP contribution >= 0.6 is 11.8 Å². The van der Waals surface area contributed by atoms with Gasteiger partial charge in [-0.05, 0) is 5.41 Å². The molecule has 0 aromatic heterocycles. The van der Waals surface area contributed by atoms with E-state index in [0.29, 0.717) is 5.57 Å². The average molecular weight is 221 g/mol. The molecule has 1 heterocycles. The highest BCUT2D eigenvalue weighted by Crippen LogP contribution is 2.36. The smallest absolute Gasteiger partial charge is 0.263 e. The van der Waals surface area contributed by atoms with Crippen molar-refractivity contribution in [1.29, 1.82) is 5.26 Å². The van der Waals surface area contributed by atoms with E-state index in [9.17, 15) is 8.42 Å². The highest BCUT2D eigenvalue weighted by molar-refractivity contribution is 8.03. The molecule has 0 bridgehead atoms. The molecular weight excluding hydrogens is 214 g/mol. The molecular formula is C6H7NO4S2. The summed E-state index contributed by atoms with van der Waals surface area (Å²) < 4.78 is 33.4. The molecule has 1 aliphatic heterocycles. The van der Waals surface area contributed by atoms with Crippen LogP contribution in [0.5, 0.6) is 0 Å². The second-order valence-corrected chi connectivity index (χ2v) is 4.52. The average Bonchev–Trinajstić information content (AvgIpc) is 2.30. The van der Waals surface area contributed by atoms with Gasteiger partial charge in [0.05, 0.1) is 6.07 Å². The van der Waals surface area contributed by atoms with Gasteiger partial charge in [0.1, 0.15) is 5.44 Å². The number of thioether (sulfide) groups is 1. The Morgan fingerprint density at radius 3 is 2.77 bits per heavy atom.